The smallest absolute Gasteiger partial charge is 0.251 e. The molecule has 2 N–H and O–H groups in total. The highest BCUT2D eigenvalue weighted by atomic mass is 16.5. The van der Waals surface area contributed by atoms with Crippen LogP contribution in [-0.2, 0) is 6.54 Å². The summed E-state index contributed by atoms with van der Waals surface area (Å²) in [6.07, 6.45) is 3.49. The zero-order valence-electron chi connectivity index (χ0n) is 19.4. The highest BCUT2D eigenvalue weighted by Crippen LogP contribution is 2.26. The van der Waals surface area contributed by atoms with Crippen LogP contribution in [0.15, 0.2) is 48.5 Å². The van der Waals surface area contributed by atoms with E-state index in [1.165, 1.54) is 5.56 Å². The number of ether oxygens (including phenoxy) is 1. The van der Waals surface area contributed by atoms with E-state index in [2.05, 4.69) is 35.0 Å². The van der Waals surface area contributed by atoms with Gasteiger partial charge in [0.1, 0.15) is 17.5 Å². The van der Waals surface area contributed by atoms with Crippen molar-refractivity contribution >= 4 is 5.91 Å². The normalized spacial score (nSPS) is 16.2. The van der Waals surface area contributed by atoms with Gasteiger partial charge in [-0.1, -0.05) is 49.5 Å². The third-order valence-electron chi connectivity index (χ3n) is 5.35. The Kier molecular flexibility index (Phi) is 8.33. The average Bonchev–Trinajstić information content (AvgIpc) is 2.94. The van der Waals surface area contributed by atoms with Gasteiger partial charge in [0.05, 0.1) is 0 Å². The van der Waals surface area contributed by atoms with Gasteiger partial charge in [-0.15, -0.1) is 0 Å². The molecule has 1 unspecified atom stereocenters. The molecule has 0 saturated carbocycles. The van der Waals surface area contributed by atoms with Crippen LogP contribution in [-0.4, -0.2) is 47.3 Å². The monoisotopic (exact) mass is 434 g/mol. The summed E-state index contributed by atoms with van der Waals surface area (Å²) in [7, 11) is 0. The van der Waals surface area contributed by atoms with E-state index < -0.39 is 5.60 Å². The maximum atomic E-state index is 12.7. The number of rotatable bonds is 7. The van der Waals surface area contributed by atoms with E-state index in [0.29, 0.717) is 17.7 Å². The molecule has 1 atom stereocenters. The summed E-state index contributed by atoms with van der Waals surface area (Å²) in [5.74, 6) is 6.56. The van der Waals surface area contributed by atoms with Gasteiger partial charge >= 0.3 is 0 Å². The third kappa shape index (κ3) is 7.40. The number of hydrogen-bond acceptors (Lipinski definition) is 4. The predicted molar refractivity (Wildman–Crippen MR) is 128 cm³/mol. The topological polar surface area (TPSA) is 61.8 Å². The Balaban J connectivity index is 1.59. The van der Waals surface area contributed by atoms with Gasteiger partial charge in [-0.3, -0.25) is 9.69 Å². The van der Waals surface area contributed by atoms with Crippen molar-refractivity contribution in [2.45, 2.75) is 58.3 Å². The number of aliphatic hydroxyl groups is 1. The average molecular weight is 435 g/mol. The van der Waals surface area contributed by atoms with E-state index in [4.69, 9.17) is 4.74 Å². The zero-order valence-corrected chi connectivity index (χ0v) is 19.4. The molecule has 1 aliphatic heterocycles. The first kappa shape index (κ1) is 23.8. The van der Waals surface area contributed by atoms with Crippen LogP contribution in [0.25, 0.3) is 0 Å². The quantitative estimate of drug-likeness (QED) is 0.647. The first-order valence-electron chi connectivity index (χ1n) is 11.4. The molecule has 5 nitrogen and oxygen atoms in total. The molecule has 2 aromatic rings. The number of amides is 1. The van der Waals surface area contributed by atoms with Gasteiger partial charge in [0.15, 0.2) is 0 Å². The highest BCUT2D eigenvalue weighted by Gasteiger charge is 2.22. The molecule has 1 aliphatic rings. The van der Waals surface area contributed by atoms with Crippen LogP contribution in [0.3, 0.4) is 0 Å². The Morgan fingerprint density at radius 2 is 2.06 bits per heavy atom. The molecule has 0 aliphatic carbocycles. The largest absolute Gasteiger partial charge is 0.489 e. The lowest BCUT2D eigenvalue weighted by atomic mass is 10.1. The van der Waals surface area contributed by atoms with Gasteiger partial charge in [0, 0.05) is 42.9 Å². The van der Waals surface area contributed by atoms with Crippen LogP contribution < -0.4 is 10.1 Å². The number of nitrogens with zero attached hydrogens (tertiary/aromatic N) is 1. The van der Waals surface area contributed by atoms with Gasteiger partial charge < -0.3 is 15.2 Å². The summed E-state index contributed by atoms with van der Waals surface area (Å²) in [5, 5.41) is 12.8. The molecular formula is C27H34N2O3. The van der Waals surface area contributed by atoms with Crippen LogP contribution in [0.2, 0.25) is 0 Å². The van der Waals surface area contributed by atoms with Crippen LogP contribution in [0, 0.1) is 11.8 Å². The number of hydrogen-bond donors (Lipinski definition) is 2. The van der Waals surface area contributed by atoms with E-state index in [-0.39, 0.29) is 12.0 Å². The number of benzene rings is 2. The molecule has 1 heterocycles. The molecule has 0 bridgehead atoms. The predicted octanol–water partition coefficient (Wildman–Crippen LogP) is 3.99. The lowest BCUT2D eigenvalue weighted by Gasteiger charge is -2.24. The maximum absolute atomic E-state index is 12.7. The molecule has 0 radical (unpaired) electrons. The van der Waals surface area contributed by atoms with E-state index >= 15 is 0 Å². The molecule has 0 aromatic heterocycles. The number of para-hydroxylation sites is 1. The molecule has 32 heavy (non-hydrogen) atoms. The number of carbonyl (C=O) groups is 1. The van der Waals surface area contributed by atoms with Gasteiger partial charge in [0.25, 0.3) is 5.91 Å². The van der Waals surface area contributed by atoms with E-state index in [9.17, 15) is 9.90 Å². The molecule has 0 fully saturated rings. The minimum atomic E-state index is -1.07. The number of fused-ring (bicyclic) bond motifs is 1. The highest BCUT2D eigenvalue weighted by molar-refractivity contribution is 5.94. The molecule has 0 spiro atoms. The van der Waals surface area contributed by atoms with Crippen LogP contribution in [0.1, 0.15) is 61.5 Å². The molecule has 1 amide bonds. The van der Waals surface area contributed by atoms with Crippen molar-refractivity contribution in [3.8, 4) is 17.6 Å². The van der Waals surface area contributed by atoms with E-state index in [1.54, 1.807) is 26.0 Å². The Hall–Kier alpha value is -2.81. The van der Waals surface area contributed by atoms with Crippen molar-refractivity contribution in [1.29, 1.82) is 0 Å². The lowest BCUT2D eigenvalue weighted by molar-refractivity contribution is 0.0941. The number of nitrogens with one attached hydrogen (secondary N) is 1. The second-order valence-electron chi connectivity index (χ2n) is 8.87. The Morgan fingerprint density at radius 1 is 1.25 bits per heavy atom. The fraction of sp³-hybridized carbons (Fsp3) is 0.444. The summed E-state index contributed by atoms with van der Waals surface area (Å²) in [5.41, 5.74) is 1.40. The standard InChI is InChI=1S/C27H34N2O3/c1-4-5-12-24-20-29(19-23-10-6-7-13-25(23)32-24)17-16-28-26(30)22-11-8-9-21(18-22)14-15-27(2,3)31/h6-11,13,18,24,31H,4-5,12,16-17,19-20H2,1-3H3,(H,28,30). The van der Waals surface area contributed by atoms with Crippen molar-refractivity contribution < 1.29 is 14.6 Å². The Bertz CT molecular complexity index is 969. The first-order valence-corrected chi connectivity index (χ1v) is 11.4. The van der Waals surface area contributed by atoms with E-state index in [1.807, 2.05) is 30.3 Å². The number of carbonyl (C=O) groups excluding carboxylic acids is 1. The Morgan fingerprint density at radius 3 is 2.84 bits per heavy atom. The number of unbranched alkanes of at least 4 members (excludes halogenated alkanes) is 1. The van der Waals surface area contributed by atoms with Gasteiger partial charge in [-0.25, -0.2) is 0 Å². The molecular weight excluding hydrogens is 400 g/mol. The minimum absolute atomic E-state index is 0.120. The van der Waals surface area contributed by atoms with E-state index in [0.717, 1.165) is 44.6 Å². The summed E-state index contributed by atoms with van der Waals surface area (Å²) < 4.78 is 6.29. The van der Waals surface area contributed by atoms with Gasteiger partial charge in [0.2, 0.25) is 0 Å². The molecule has 2 aromatic carbocycles. The van der Waals surface area contributed by atoms with Crippen LogP contribution in [0.5, 0.6) is 5.75 Å². The van der Waals surface area contributed by atoms with Gasteiger partial charge in [-0.2, -0.15) is 0 Å². The summed E-state index contributed by atoms with van der Waals surface area (Å²) >= 11 is 0. The minimum Gasteiger partial charge on any atom is -0.489 e. The first-order chi connectivity index (χ1) is 15.3. The van der Waals surface area contributed by atoms with Crippen molar-refractivity contribution in [2.24, 2.45) is 0 Å². The maximum Gasteiger partial charge on any atom is 0.251 e. The van der Waals surface area contributed by atoms with Crippen molar-refractivity contribution in [3.63, 3.8) is 0 Å². The molecule has 5 heteroatoms. The second kappa shape index (κ2) is 11.2. The van der Waals surface area contributed by atoms with Crippen molar-refractivity contribution in [1.82, 2.24) is 10.2 Å². The SMILES string of the molecule is CCCCC1CN(CCNC(=O)c2cccc(C#CC(C)(C)O)c2)Cc2ccccc2O1. The molecule has 0 saturated heterocycles. The van der Waals surface area contributed by atoms with Crippen molar-refractivity contribution in [2.75, 3.05) is 19.6 Å². The third-order valence-corrected chi connectivity index (χ3v) is 5.35. The fourth-order valence-electron chi connectivity index (χ4n) is 3.70. The summed E-state index contributed by atoms with van der Waals surface area (Å²) in [4.78, 5) is 15.0. The van der Waals surface area contributed by atoms with Crippen molar-refractivity contribution in [3.05, 3.63) is 65.2 Å². The summed E-state index contributed by atoms with van der Waals surface area (Å²) in [6, 6.07) is 15.4. The Labute approximate surface area is 191 Å². The summed E-state index contributed by atoms with van der Waals surface area (Å²) in [6.45, 7) is 8.45. The van der Waals surface area contributed by atoms with Gasteiger partial charge in [-0.05, 0) is 51.0 Å². The van der Waals surface area contributed by atoms with Crippen LogP contribution in [0.4, 0.5) is 0 Å². The van der Waals surface area contributed by atoms with Crippen LogP contribution >= 0.6 is 0 Å². The second-order valence-corrected chi connectivity index (χ2v) is 8.87. The lowest BCUT2D eigenvalue weighted by Crippen LogP contribution is -2.38. The zero-order chi connectivity index (χ0) is 23.0. The fourth-order valence-corrected chi connectivity index (χ4v) is 3.70. The molecule has 170 valence electrons. The molecule has 3 rings (SSSR count).